The molecule has 5 heteroatoms. The Balaban J connectivity index is 1.66. The van der Waals surface area contributed by atoms with Crippen LogP contribution in [-0.2, 0) is 11.3 Å². The van der Waals surface area contributed by atoms with Gasteiger partial charge in [0, 0.05) is 16.6 Å². The second kappa shape index (κ2) is 8.43. The summed E-state index contributed by atoms with van der Waals surface area (Å²) in [6.45, 7) is 2.24. The highest BCUT2D eigenvalue weighted by atomic mass is 35.5. The molecular weight excluding hydrogens is 369 g/mol. The van der Waals surface area contributed by atoms with E-state index in [1.165, 1.54) is 0 Å². The summed E-state index contributed by atoms with van der Waals surface area (Å²) in [5.41, 5.74) is 0.810. The van der Waals surface area contributed by atoms with Crippen LogP contribution in [0, 0.1) is 0 Å². The van der Waals surface area contributed by atoms with E-state index in [4.69, 9.17) is 27.9 Å². The van der Waals surface area contributed by atoms with Crippen molar-refractivity contribution >= 4 is 39.9 Å². The Morgan fingerprint density at radius 1 is 1.04 bits per heavy atom. The predicted molar refractivity (Wildman–Crippen MR) is 107 cm³/mol. The summed E-state index contributed by atoms with van der Waals surface area (Å²) in [7, 11) is 0. The molecule has 1 N–H and O–H groups in total. The van der Waals surface area contributed by atoms with Gasteiger partial charge < -0.3 is 10.1 Å². The Morgan fingerprint density at radius 2 is 1.81 bits per heavy atom. The first-order valence-corrected chi connectivity index (χ1v) is 9.19. The summed E-state index contributed by atoms with van der Waals surface area (Å²) in [5, 5.41) is 6.18. The highest BCUT2D eigenvalue weighted by Crippen LogP contribution is 2.23. The van der Waals surface area contributed by atoms with E-state index in [1.54, 1.807) is 18.2 Å². The SMILES string of the molecule is CC[C@H](Oc1ccc2ccccc2c1)C(=O)NCc1ccc(Cl)cc1Cl. The molecule has 1 atom stereocenters. The number of carbonyl (C=O) groups excluding carboxylic acids is 1. The number of fused-ring (bicyclic) bond motifs is 1. The van der Waals surface area contributed by atoms with Crippen molar-refractivity contribution in [1.82, 2.24) is 5.32 Å². The maximum atomic E-state index is 12.5. The van der Waals surface area contributed by atoms with Crippen LogP contribution in [0.15, 0.2) is 60.7 Å². The molecule has 0 unspecified atom stereocenters. The monoisotopic (exact) mass is 387 g/mol. The van der Waals surface area contributed by atoms with Crippen molar-refractivity contribution in [3.8, 4) is 5.75 Å². The Labute approximate surface area is 162 Å². The summed E-state index contributed by atoms with van der Waals surface area (Å²) in [6.07, 6.45) is -0.00486. The second-order valence-electron chi connectivity index (χ2n) is 5.98. The minimum atomic E-state index is -0.567. The topological polar surface area (TPSA) is 38.3 Å². The third-order valence-corrected chi connectivity index (χ3v) is 4.72. The van der Waals surface area contributed by atoms with Gasteiger partial charge in [0.05, 0.1) is 0 Å². The Morgan fingerprint density at radius 3 is 2.54 bits per heavy atom. The number of hydrogen-bond acceptors (Lipinski definition) is 2. The van der Waals surface area contributed by atoms with Gasteiger partial charge in [-0.25, -0.2) is 0 Å². The number of halogens is 2. The molecular formula is C21H19Cl2NO2. The average Bonchev–Trinajstić information content (AvgIpc) is 2.65. The van der Waals surface area contributed by atoms with Crippen LogP contribution in [0.4, 0.5) is 0 Å². The smallest absolute Gasteiger partial charge is 0.261 e. The van der Waals surface area contributed by atoms with Gasteiger partial charge in [0.2, 0.25) is 0 Å². The van der Waals surface area contributed by atoms with Crippen LogP contribution in [0.5, 0.6) is 5.75 Å². The summed E-state index contributed by atoms with van der Waals surface area (Å²) < 4.78 is 5.91. The molecule has 3 aromatic carbocycles. The molecule has 3 aromatic rings. The average molecular weight is 388 g/mol. The minimum Gasteiger partial charge on any atom is -0.481 e. The molecule has 0 saturated carbocycles. The lowest BCUT2D eigenvalue weighted by molar-refractivity contribution is -0.128. The maximum Gasteiger partial charge on any atom is 0.261 e. The van der Waals surface area contributed by atoms with Gasteiger partial charge in [0.1, 0.15) is 5.75 Å². The van der Waals surface area contributed by atoms with E-state index in [0.717, 1.165) is 16.3 Å². The summed E-state index contributed by atoms with van der Waals surface area (Å²) >= 11 is 12.0. The molecule has 0 aliphatic rings. The molecule has 0 spiro atoms. The number of benzene rings is 3. The highest BCUT2D eigenvalue weighted by Gasteiger charge is 2.18. The van der Waals surface area contributed by atoms with Crippen LogP contribution >= 0.6 is 23.2 Å². The molecule has 1 amide bonds. The van der Waals surface area contributed by atoms with Gasteiger partial charge in [0.15, 0.2) is 6.10 Å². The van der Waals surface area contributed by atoms with E-state index < -0.39 is 6.10 Å². The van der Waals surface area contributed by atoms with Gasteiger partial charge in [-0.3, -0.25) is 4.79 Å². The third-order valence-electron chi connectivity index (χ3n) is 4.13. The standard InChI is InChI=1S/C21H19Cl2NO2/c1-2-20(21(25)24-13-16-7-9-17(22)12-19(16)23)26-18-10-8-14-5-3-4-6-15(14)11-18/h3-12,20H,2,13H2,1H3,(H,24,25)/t20-/m0/s1. The molecule has 3 rings (SSSR count). The number of ether oxygens (including phenoxy) is 1. The van der Waals surface area contributed by atoms with Crippen molar-refractivity contribution in [2.24, 2.45) is 0 Å². The highest BCUT2D eigenvalue weighted by molar-refractivity contribution is 6.35. The van der Waals surface area contributed by atoms with Crippen molar-refractivity contribution in [1.29, 1.82) is 0 Å². The van der Waals surface area contributed by atoms with Crippen molar-refractivity contribution in [2.75, 3.05) is 0 Å². The number of rotatable bonds is 6. The van der Waals surface area contributed by atoms with Crippen LogP contribution in [0.25, 0.3) is 10.8 Å². The van der Waals surface area contributed by atoms with Crippen molar-refractivity contribution in [2.45, 2.75) is 26.0 Å². The first-order chi connectivity index (χ1) is 12.6. The number of amides is 1. The quantitative estimate of drug-likeness (QED) is 0.595. The van der Waals surface area contributed by atoms with E-state index in [9.17, 15) is 4.79 Å². The van der Waals surface area contributed by atoms with Crippen molar-refractivity contribution in [3.63, 3.8) is 0 Å². The summed E-state index contributed by atoms with van der Waals surface area (Å²) in [6, 6.07) is 19.1. The molecule has 134 valence electrons. The molecule has 3 nitrogen and oxygen atoms in total. The molecule has 0 bridgehead atoms. The normalized spacial score (nSPS) is 12.0. The molecule has 0 aromatic heterocycles. The fraction of sp³-hybridized carbons (Fsp3) is 0.190. The molecule has 0 fully saturated rings. The molecule has 26 heavy (non-hydrogen) atoms. The molecule has 0 saturated heterocycles. The zero-order chi connectivity index (χ0) is 18.5. The number of carbonyl (C=O) groups is 1. The first-order valence-electron chi connectivity index (χ1n) is 8.44. The fourth-order valence-corrected chi connectivity index (χ4v) is 3.16. The third kappa shape index (κ3) is 4.48. The largest absolute Gasteiger partial charge is 0.481 e. The van der Waals surface area contributed by atoms with E-state index in [2.05, 4.69) is 5.32 Å². The Hall–Kier alpha value is -2.23. The van der Waals surface area contributed by atoms with Crippen LogP contribution in [0.2, 0.25) is 10.0 Å². The van der Waals surface area contributed by atoms with Gasteiger partial charge >= 0.3 is 0 Å². The maximum absolute atomic E-state index is 12.5. The minimum absolute atomic E-state index is 0.174. The zero-order valence-corrected chi connectivity index (χ0v) is 15.8. The van der Waals surface area contributed by atoms with E-state index in [1.807, 2.05) is 49.4 Å². The fourth-order valence-electron chi connectivity index (χ4n) is 2.69. The zero-order valence-electron chi connectivity index (χ0n) is 14.3. The molecule has 0 aliphatic heterocycles. The number of nitrogens with one attached hydrogen (secondary N) is 1. The van der Waals surface area contributed by atoms with Crippen molar-refractivity contribution < 1.29 is 9.53 Å². The predicted octanol–water partition coefficient (Wildman–Crippen LogP) is 5.62. The second-order valence-corrected chi connectivity index (χ2v) is 6.82. The summed E-state index contributed by atoms with van der Waals surface area (Å²) in [5.74, 6) is 0.502. The van der Waals surface area contributed by atoms with Crippen LogP contribution in [-0.4, -0.2) is 12.0 Å². The van der Waals surface area contributed by atoms with Crippen LogP contribution in [0.1, 0.15) is 18.9 Å². The molecule has 0 heterocycles. The Bertz CT molecular complexity index is 927. The van der Waals surface area contributed by atoms with Crippen molar-refractivity contribution in [3.05, 3.63) is 76.3 Å². The Kier molecular flexibility index (Phi) is 6.02. The van der Waals surface area contributed by atoms with E-state index in [-0.39, 0.29) is 5.91 Å². The molecule has 0 aliphatic carbocycles. The lowest BCUT2D eigenvalue weighted by atomic mass is 10.1. The lowest BCUT2D eigenvalue weighted by Gasteiger charge is -2.18. The van der Waals surface area contributed by atoms with Crippen LogP contribution < -0.4 is 10.1 Å². The first kappa shape index (κ1) is 18.6. The van der Waals surface area contributed by atoms with Gasteiger partial charge in [0.25, 0.3) is 5.91 Å². The van der Waals surface area contributed by atoms with Crippen LogP contribution in [0.3, 0.4) is 0 Å². The van der Waals surface area contributed by atoms with E-state index in [0.29, 0.717) is 28.8 Å². The van der Waals surface area contributed by atoms with E-state index >= 15 is 0 Å². The summed E-state index contributed by atoms with van der Waals surface area (Å²) in [4.78, 5) is 12.5. The number of hydrogen-bond donors (Lipinski definition) is 1. The van der Waals surface area contributed by atoms with Gasteiger partial charge in [-0.2, -0.15) is 0 Å². The molecule has 0 radical (unpaired) electrons. The van der Waals surface area contributed by atoms with Gasteiger partial charge in [-0.1, -0.05) is 66.5 Å². The van der Waals surface area contributed by atoms with Gasteiger partial charge in [-0.15, -0.1) is 0 Å². The van der Waals surface area contributed by atoms with Gasteiger partial charge in [-0.05, 0) is 47.0 Å². The lowest BCUT2D eigenvalue weighted by Crippen LogP contribution is -2.37.